The number of aryl methyl sites for hydroxylation is 2. The monoisotopic (exact) mass is 535 g/mol. The molecule has 4 rings (SSSR count). The maximum absolute atomic E-state index is 11.1. The minimum atomic E-state index is -0.0445. The van der Waals surface area contributed by atoms with E-state index in [1.54, 1.807) is 11.3 Å². The van der Waals surface area contributed by atoms with E-state index >= 15 is 0 Å². The fourth-order valence-corrected chi connectivity index (χ4v) is 4.03. The van der Waals surface area contributed by atoms with Crippen molar-refractivity contribution in [3.05, 3.63) is 46.5 Å². The Labute approximate surface area is 231 Å². The third kappa shape index (κ3) is 12.5. The SMILES string of the molecule is C.C.C.C.C.CC(C)C(=O)OC1CCCC1.CC(C)Oc1nc2ccccc2nc1CCc1nccs1. The summed E-state index contributed by atoms with van der Waals surface area (Å²) in [4.78, 5) is 24.7. The first-order chi connectivity index (χ1) is 15.4. The Morgan fingerprint density at radius 1 is 0.946 bits per heavy atom. The highest BCUT2D eigenvalue weighted by atomic mass is 32.1. The standard InChI is InChI=1S/C16H17N3OS.C9H16O2.5CH4/c1-11(2)20-16-14(7-8-15-17-9-10-21-15)18-12-5-3-4-6-13(12)19-16;1-7(2)9(10)11-8-5-3-4-6-8;;;;;/h3-6,9-11H,7-8H2,1-2H3;7-8H,3-6H2,1-2H3;5*1H4. The average molecular weight is 536 g/mol. The van der Waals surface area contributed by atoms with Crippen LogP contribution in [-0.2, 0) is 22.4 Å². The Bertz CT molecular complexity index is 985. The highest BCUT2D eigenvalue weighted by molar-refractivity contribution is 7.09. The molecule has 1 aliphatic rings. The summed E-state index contributed by atoms with van der Waals surface area (Å²) in [6.07, 6.45) is 8.36. The number of nitrogens with zero attached hydrogens (tertiary/aromatic N) is 3. The number of esters is 1. The molecule has 0 radical (unpaired) electrons. The quantitative estimate of drug-likeness (QED) is 0.281. The molecule has 37 heavy (non-hydrogen) atoms. The molecule has 1 fully saturated rings. The van der Waals surface area contributed by atoms with Crippen LogP contribution < -0.4 is 4.74 Å². The van der Waals surface area contributed by atoms with Crippen LogP contribution in [0.3, 0.4) is 0 Å². The summed E-state index contributed by atoms with van der Waals surface area (Å²) in [6, 6.07) is 7.88. The minimum Gasteiger partial charge on any atom is -0.474 e. The number of ether oxygens (including phenoxy) is 2. The molecule has 2 heterocycles. The third-order valence-electron chi connectivity index (χ3n) is 5.07. The lowest BCUT2D eigenvalue weighted by molar-refractivity contribution is -0.152. The fraction of sp³-hybridized carbons (Fsp3) is 0.600. The highest BCUT2D eigenvalue weighted by Gasteiger charge is 2.20. The molecule has 1 aliphatic carbocycles. The zero-order valence-corrected chi connectivity index (χ0v) is 20.2. The van der Waals surface area contributed by atoms with Crippen molar-refractivity contribution in [1.29, 1.82) is 0 Å². The first-order valence-electron chi connectivity index (χ1n) is 11.4. The largest absolute Gasteiger partial charge is 0.474 e. The lowest BCUT2D eigenvalue weighted by atomic mass is 10.2. The van der Waals surface area contributed by atoms with Crippen molar-refractivity contribution in [2.24, 2.45) is 5.92 Å². The molecule has 7 heteroatoms. The summed E-state index contributed by atoms with van der Waals surface area (Å²) in [5, 5.41) is 3.10. The molecule has 0 amide bonds. The summed E-state index contributed by atoms with van der Waals surface area (Å²) in [6.45, 7) is 7.75. The predicted molar refractivity (Wildman–Crippen MR) is 162 cm³/mol. The molecule has 212 valence electrons. The fourth-order valence-electron chi connectivity index (χ4n) is 3.41. The van der Waals surface area contributed by atoms with Gasteiger partial charge in [-0.05, 0) is 51.7 Å². The van der Waals surface area contributed by atoms with Crippen molar-refractivity contribution >= 4 is 28.3 Å². The second-order valence-corrected chi connectivity index (χ2v) is 9.53. The van der Waals surface area contributed by atoms with Gasteiger partial charge in [0.2, 0.25) is 5.88 Å². The summed E-state index contributed by atoms with van der Waals surface area (Å²) in [7, 11) is 0. The van der Waals surface area contributed by atoms with Gasteiger partial charge in [0.25, 0.3) is 0 Å². The van der Waals surface area contributed by atoms with Crippen molar-refractivity contribution < 1.29 is 14.3 Å². The number of aromatic nitrogens is 3. The average Bonchev–Trinajstić information content (AvgIpc) is 3.46. The Balaban J connectivity index is -0.000000633. The van der Waals surface area contributed by atoms with E-state index in [2.05, 4.69) is 9.97 Å². The topological polar surface area (TPSA) is 74.2 Å². The van der Waals surface area contributed by atoms with Gasteiger partial charge in [0.15, 0.2) is 0 Å². The first-order valence-corrected chi connectivity index (χ1v) is 12.3. The van der Waals surface area contributed by atoms with Crippen LogP contribution in [0.1, 0.15) is 101 Å². The molecule has 0 bridgehead atoms. The number of benzene rings is 1. The van der Waals surface area contributed by atoms with E-state index in [-0.39, 0.29) is 61.2 Å². The number of thiazole rings is 1. The molecule has 6 nitrogen and oxygen atoms in total. The van der Waals surface area contributed by atoms with Crippen molar-refractivity contribution in [2.45, 2.75) is 116 Å². The van der Waals surface area contributed by atoms with Gasteiger partial charge in [0, 0.05) is 24.4 Å². The second kappa shape index (κ2) is 19.6. The molecule has 1 saturated carbocycles. The van der Waals surface area contributed by atoms with Gasteiger partial charge in [-0.3, -0.25) is 4.79 Å². The Morgan fingerprint density at radius 2 is 1.54 bits per heavy atom. The van der Waals surface area contributed by atoms with Gasteiger partial charge in [-0.2, -0.15) is 0 Å². The third-order valence-corrected chi connectivity index (χ3v) is 5.91. The Kier molecular flexibility index (Phi) is 20.6. The van der Waals surface area contributed by atoms with Crippen molar-refractivity contribution in [1.82, 2.24) is 15.0 Å². The molecule has 0 atom stereocenters. The maximum Gasteiger partial charge on any atom is 0.308 e. The molecule has 0 saturated heterocycles. The summed E-state index contributed by atoms with van der Waals surface area (Å²) >= 11 is 1.67. The predicted octanol–water partition coefficient (Wildman–Crippen LogP) is 8.97. The zero-order valence-electron chi connectivity index (χ0n) is 19.4. The van der Waals surface area contributed by atoms with E-state index in [4.69, 9.17) is 14.5 Å². The van der Waals surface area contributed by atoms with Crippen molar-refractivity contribution in [2.75, 3.05) is 0 Å². The van der Waals surface area contributed by atoms with Gasteiger partial charge >= 0.3 is 5.97 Å². The number of para-hydroxylation sites is 2. The second-order valence-electron chi connectivity index (χ2n) is 8.55. The zero-order chi connectivity index (χ0) is 22.9. The van der Waals surface area contributed by atoms with E-state index in [0.29, 0.717) is 5.88 Å². The number of hydrogen-bond donors (Lipinski definition) is 0. The molecule has 2 aromatic heterocycles. The van der Waals surface area contributed by atoms with Crippen molar-refractivity contribution in [3.8, 4) is 5.88 Å². The van der Waals surface area contributed by atoms with Gasteiger partial charge < -0.3 is 9.47 Å². The van der Waals surface area contributed by atoms with Crippen LogP contribution in [0.15, 0.2) is 35.8 Å². The molecule has 0 unspecified atom stereocenters. The van der Waals surface area contributed by atoms with E-state index in [1.165, 1.54) is 12.8 Å². The molecular formula is C30H53N3O3S. The van der Waals surface area contributed by atoms with Crippen molar-refractivity contribution in [3.63, 3.8) is 0 Å². The summed E-state index contributed by atoms with van der Waals surface area (Å²) in [5.41, 5.74) is 2.67. The van der Waals surface area contributed by atoms with Gasteiger partial charge in [-0.1, -0.05) is 63.1 Å². The van der Waals surface area contributed by atoms with E-state index in [0.717, 1.165) is 47.4 Å². The van der Waals surface area contributed by atoms with Crippen LogP contribution in [0.5, 0.6) is 5.88 Å². The normalized spacial score (nSPS) is 12.1. The Morgan fingerprint density at radius 3 is 2.05 bits per heavy atom. The first kappa shape index (κ1) is 39.0. The number of carbonyl (C=O) groups is 1. The van der Waals surface area contributed by atoms with Gasteiger partial charge in [-0.15, -0.1) is 11.3 Å². The Hall–Kier alpha value is -2.54. The molecule has 0 spiro atoms. The highest BCUT2D eigenvalue weighted by Crippen LogP contribution is 2.23. The number of hydrogen-bond acceptors (Lipinski definition) is 7. The molecule has 3 aromatic rings. The van der Waals surface area contributed by atoms with Crippen LogP contribution in [0.2, 0.25) is 0 Å². The van der Waals surface area contributed by atoms with Gasteiger partial charge in [0.1, 0.15) is 11.8 Å². The summed E-state index contributed by atoms with van der Waals surface area (Å²) in [5.74, 6) is 0.618. The lowest BCUT2D eigenvalue weighted by Crippen LogP contribution is -2.18. The number of carbonyl (C=O) groups excluding carboxylic acids is 1. The van der Waals surface area contributed by atoms with Gasteiger partial charge in [-0.25, -0.2) is 15.0 Å². The summed E-state index contributed by atoms with van der Waals surface area (Å²) < 4.78 is 11.1. The molecule has 1 aromatic carbocycles. The minimum absolute atomic E-state index is 0. The van der Waals surface area contributed by atoms with Crippen LogP contribution in [-0.4, -0.2) is 33.1 Å². The maximum atomic E-state index is 11.1. The van der Waals surface area contributed by atoms with Crippen LogP contribution in [0.4, 0.5) is 0 Å². The smallest absolute Gasteiger partial charge is 0.308 e. The lowest BCUT2D eigenvalue weighted by Gasteiger charge is -2.13. The molecule has 0 aliphatic heterocycles. The molecule has 0 N–H and O–H groups in total. The van der Waals surface area contributed by atoms with E-state index in [9.17, 15) is 4.79 Å². The van der Waals surface area contributed by atoms with Gasteiger partial charge in [0.05, 0.1) is 28.1 Å². The number of rotatable bonds is 7. The molecular weight excluding hydrogens is 482 g/mol. The van der Waals surface area contributed by atoms with E-state index < -0.39 is 0 Å². The number of fused-ring (bicyclic) bond motifs is 1. The van der Waals surface area contributed by atoms with E-state index in [1.807, 2.05) is 63.5 Å². The van der Waals surface area contributed by atoms with Crippen LogP contribution >= 0.6 is 11.3 Å². The van der Waals surface area contributed by atoms with Crippen LogP contribution in [0.25, 0.3) is 11.0 Å². The van der Waals surface area contributed by atoms with Crippen LogP contribution in [0, 0.1) is 5.92 Å².